The first-order chi connectivity index (χ1) is 8.56. The average molecular weight is 247 g/mol. The van der Waals surface area contributed by atoms with Gasteiger partial charge in [-0.05, 0) is 50.7 Å². The van der Waals surface area contributed by atoms with E-state index in [1.807, 2.05) is 6.92 Å². The summed E-state index contributed by atoms with van der Waals surface area (Å²) >= 11 is 0. The van der Waals surface area contributed by atoms with Crippen molar-refractivity contribution in [3.05, 3.63) is 29.3 Å². The lowest BCUT2D eigenvalue weighted by molar-refractivity contribution is 0.127. The van der Waals surface area contributed by atoms with E-state index in [0.717, 1.165) is 17.2 Å². The van der Waals surface area contributed by atoms with E-state index in [-0.39, 0.29) is 6.04 Å². The van der Waals surface area contributed by atoms with Gasteiger partial charge in [0.05, 0.1) is 6.10 Å². The second-order valence-corrected chi connectivity index (χ2v) is 5.84. The Morgan fingerprint density at radius 3 is 2.78 bits per heavy atom. The van der Waals surface area contributed by atoms with Gasteiger partial charge in [-0.25, -0.2) is 0 Å². The third-order valence-electron chi connectivity index (χ3n) is 3.84. The highest BCUT2D eigenvalue weighted by Crippen LogP contribution is 2.31. The third-order valence-corrected chi connectivity index (χ3v) is 3.84. The zero-order valence-corrected chi connectivity index (χ0v) is 11.8. The highest BCUT2D eigenvalue weighted by Gasteiger charge is 2.21. The lowest BCUT2D eigenvalue weighted by Gasteiger charge is -2.28. The topological polar surface area (TPSA) is 35.2 Å². The molecular formula is C16H25NO. The number of hydrogen-bond acceptors (Lipinski definition) is 2. The molecule has 0 amide bonds. The third kappa shape index (κ3) is 3.26. The molecule has 2 nitrogen and oxygen atoms in total. The zero-order valence-electron chi connectivity index (χ0n) is 11.8. The fourth-order valence-electron chi connectivity index (χ4n) is 2.78. The summed E-state index contributed by atoms with van der Waals surface area (Å²) < 4.78 is 6.22. The Morgan fingerprint density at radius 2 is 2.11 bits per heavy atom. The summed E-state index contributed by atoms with van der Waals surface area (Å²) in [7, 11) is 0. The lowest BCUT2D eigenvalue weighted by atomic mass is 9.88. The summed E-state index contributed by atoms with van der Waals surface area (Å²) in [5.41, 5.74) is 8.38. The Kier molecular flexibility index (Phi) is 4.28. The van der Waals surface area contributed by atoms with Crippen molar-refractivity contribution < 1.29 is 4.74 Å². The number of ether oxygens (including phenoxy) is 1. The van der Waals surface area contributed by atoms with Crippen molar-refractivity contribution in [3.63, 3.8) is 0 Å². The lowest BCUT2D eigenvalue weighted by Crippen LogP contribution is -2.25. The van der Waals surface area contributed by atoms with Crippen molar-refractivity contribution in [2.75, 3.05) is 0 Å². The summed E-state index contributed by atoms with van der Waals surface area (Å²) in [4.78, 5) is 0. The largest absolute Gasteiger partial charge is 0.490 e. The number of hydrogen-bond donors (Lipinski definition) is 1. The maximum atomic E-state index is 6.22. The first-order valence-corrected chi connectivity index (χ1v) is 7.09. The number of benzene rings is 1. The van der Waals surface area contributed by atoms with Gasteiger partial charge in [0.2, 0.25) is 0 Å². The molecule has 0 aromatic heterocycles. The van der Waals surface area contributed by atoms with Crippen molar-refractivity contribution in [3.8, 4) is 5.75 Å². The standard InChI is InChI=1S/C16H25NO/c1-11-5-4-6-14(9-11)18-16-10-12(2)7-8-15(16)13(3)17/h7-8,10-11,13-14H,4-6,9,17H2,1-3H3/t11?,13-,14?/m0/s1. The van der Waals surface area contributed by atoms with Crippen LogP contribution in [-0.2, 0) is 0 Å². The predicted molar refractivity (Wildman–Crippen MR) is 75.8 cm³/mol. The second kappa shape index (κ2) is 5.75. The molecule has 1 aliphatic carbocycles. The molecule has 1 aromatic rings. The van der Waals surface area contributed by atoms with Crippen LogP contribution in [0.5, 0.6) is 5.75 Å². The Hall–Kier alpha value is -1.02. The number of aryl methyl sites for hydroxylation is 1. The molecule has 0 radical (unpaired) electrons. The Bertz CT molecular complexity index is 400. The van der Waals surface area contributed by atoms with Gasteiger partial charge < -0.3 is 10.5 Å². The maximum absolute atomic E-state index is 6.22. The Balaban J connectivity index is 2.14. The fourth-order valence-corrected chi connectivity index (χ4v) is 2.78. The molecular weight excluding hydrogens is 222 g/mol. The maximum Gasteiger partial charge on any atom is 0.124 e. The van der Waals surface area contributed by atoms with Gasteiger partial charge >= 0.3 is 0 Å². The van der Waals surface area contributed by atoms with E-state index in [4.69, 9.17) is 10.5 Å². The molecule has 2 N–H and O–H groups in total. The van der Waals surface area contributed by atoms with Crippen LogP contribution in [0, 0.1) is 12.8 Å². The van der Waals surface area contributed by atoms with Crippen LogP contribution in [-0.4, -0.2) is 6.10 Å². The van der Waals surface area contributed by atoms with Crippen LogP contribution in [0.3, 0.4) is 0 Å². The fraction of sp³-hybridized carbons (Fsp3) is 0.625. The first-order valence-electron chi connectivity index (χ1n) is 7.09. The predicted octanol–water partition coefficient (Wildman–Crippen LogP) is 3.97. The van der Waals surface area contributed by atoms with E-state index in [9.17, 15) is 0 Å². The van der Waals surface area contributed by atoms with E-state index >= 15 is 0 Å². The molecule has 2 unspecified atom stereocenters. The molecule has 2 heteroatoms. The zero-order chi connectivity index (χ0) is 13.1. The molecule has 18 heavy (non-hydrogen) atoms. The summed E-state index contributed by atoms with van der Waals surface area (Å²) in [6.07, 6.45) is 5.34. The van der Waals surface area contributed by atoms with Gasteiger partial charge in [0, 0.05) is 11.6 Å². The van der Waals surface area contributed by atoms with E-state index in [1.165, 1.54) is 31.2 Å². The van der Waals surface area contributed by atoms with Crippen LogP contribution in [0.2, 0.25) is 0 Å². The van der Waals surface area contributed by atoms with Gasteiger partial charge in [0.25, 0.3) is 0 Å². The minimum absolute atomic E-state index is 0.0293. The normalized spacial score (nSPS) is 25.8. The van der Waals surface area contributed by atoms with Gasteiger partial charge in [-0.3, -0.25) is 0 Å². The molecule has 2 rings (SSSR count). The average Bonchev–Trinajstić information content (AvgIpc) is 2.28. The van der Waals surface area contributed by atoms with Crippen LogP contribution < -0.4 is 10.5 Å². The van der Waals surface area contributed by atoms with Crippen molar-refractivity contribution in [2.45, 2.75) is 58.6 Å². The Morgan fingerprint density at radius 1 is 1.33 bits per heavy atom. The molecule has 0 heterocycles. The van der Waals surface area contributed by atoms with Crippen molar-refractivity contribution in [1.29, 1.82) is 0 Å². The summed E-state index contributed by atoms with van der Waals surface area (Å²) in [5, 5.41) is 0. The molecule has 1 fully saturated rings. The van der Waals surface area contributed by atoms with Gasteiger partial charge in [0.1, 0.15) is 5.75 Å². The highest BCUT2D eigenvalue weighted by atomic mass is 16.5. The summed E-state index contributed by atoms with van der Waals surface area (Å²) in [5.74, 6) is 1.77. The van der Waals surface area contributed by atoms with Gasteiger partial charge in [-0.2, -0.15) is 0 Å². The summed E-state index contributed by atoms with van der Waals surface area (Å²) in [6.45, 7) is 6.43. The molecule has 1 saturated carbocycles. The number of nitrogens with two attached hydrogens (primary N) is 1. The minimum atomic E-state index is 0.0293. The molecule has 0 bridgehead atoms. The van der Waals surface area contributed by atoms with E-state index in [2.05, 4.69) is 32.0 Å². The second-order valence-electron chi connectivity index (χ2n) is 5.84. The van der Waals surface area contributed by atoms with E-state index in [0.29, 0.717) is 6.10 Å². The molecule has 0 saturated heterocycles. The SMILES string of the molecule is Cc1ccc([C@H](C)N)c(OC2CCCC(C)C2)c1. The molecule has 0 spiro atoms. The first kappa shape index (κ1) is 13.4. The molecule has 0 aliphatic heterocycles. The van der Waals surface area contributed by atoms with Crippen LogP contribution in [0.15, 0.2) is 18.2 Å². The monoisotopic (exact) mass is 247 g/mol. The Labute approximate surface area is 111 Å². The molecule has 1 aromatic carbocycles. The molecule has 1 aliphatic rings. The smallest absolute Gasteiger partial charge is 0.124 e. The highest BCUT2D eigenvalue weighted by molar-refractivity contribution is 5.39. The van der Waals surface area contributed by atoms with E-state index in [1.54, 1.807) is 0 Å². The van der Waals surface area contributed by atoms with Gasteiger partial charge in [-0.1, -0.05) is 25.5 Å². The summed E-state index contributed by atoms with van der Waals surface area (Å²) in [6, 6.07) is 6.36. The van der Waals surface area contributed by atoms with Crippen molar-refractivity contribution >= 4 is 0 Å². The van der Waals surface area contributed by atoms with Gasteiger partial charge in [-0.15, -0.1) is 0 Å². The quantitative estimate of drug-likeness (QED) is 0.877. The van der Waals surface area contributed by atoms with Crippen LogP contribution in [0.1, 0.15) is 56.7 Å². The van der Waals surface area contributed by atoms with E-state index < -0.39 is 0 Å². The van der Waals surface area contributed by atoms with Crippen LogP contribution >= 0.6 is 0 Å². The van der Waals surface area contributed by atoms with Gasteiger partial charge in [0.15, 0.2) is 0 Å². The van der Waals surface area contributed by atoms with Crippen molar-refractivity contribution in [2.24, 2.45) is 11.7 Å². The van der Waals surface area contributed by atoms with Crippen molar-refractivity contribution in [1.82, 2.24) is 0 Å². The minimum Gasteiger partial charge on any atom is -0.490 e. The molecule has 3 atom stereocenters. The molecule has 100 valence electrons. The van der Waals surface area contributed by atoms with Crippen LogP contribution in [0.4, 0.5) is 0 Å². The van der Waals surface area contributed by atoms with Crippen LogP contribution in [0.25, 0.3) is 0 Å². The number of rotatable bonds is 3.